The van der Waals surface area contributed by atoms with Gasteiger partial charge in [0.2, 0.25) is 10.0 Å². The Hall–Kier alpha value is -1.11. The predicted molar refractivity (Wildman–Crippen MR) is 80.9 cm³/mol. The van der Waals surface area contributed by atoms with Gasteiger partial charge in [-0.05, 0) is 43.4 Å². The van der Waals surface area contributed by atoms with Gasteiger partial charge in [-0.1, -0.05) is 18.9 Å². The predicted octanol–water partition coefficient (Wildman–Crippen LogP) is 1.83. The van der Waals surface area contributed by atoms with Gasteiger partial charge in [0.05, 0.1) is 7.11 Å². The number of aliphatic hydroxyl groups excluding tert-OH is 1. The minimum atomic E-state index is -3.65. The van der Waals surface area contributed by atoms with E-state index in [0.717, 1.165) is 31.2 Å². The third kappa shape index (κ3) is 3.75. The number of nitrogens with one attached hydrogen (secondary N) is 1. The average molecular weight is 313 g/mol. The van der Waals surface area contributed by atoms with Crippen LogP contribution in [0.15, 0.2) is 23.1 Å². The summed E-state index contributed by atoms with van der Waals surface area (Å²) in [6.45, 7) is 1.85. The highest BCUT2D eigenvalue weighted by Crippen LogP contribution is 2.28. The number of methoxy groups -OCH3 is 1. The van der Waals surface area contributed by atoms with E-state index >= 15 is 0 Å². The summed E-state index contributed by atoms with van der Waals surface area (Å²) in [6, 6.07) is 4.88. The number of benzene rings is 1. The molecule has 2 N–H and O–H groups in total. The van der Waals surface area contributed by atoms with Crippen LogP contribution in [0.25, 0.3) is 0 Å². The standard InChI is InChI=1S/C15H23NO4S/c1-11-7-8-14(20-2)15(9-11)21(18,19)16-13-6-4-3-5-12(13)10-17/h7-9,12-13,16-17H,3-6,10H2,1-2H3/t12-,13-/m1/s1. The van der Waals surface area contributed by atoms with Gasteiger partial charge in [-0.15, -0.1) is 0 Å². The topological polar surface area (TPSA) is 75.6 Å². The molecule has 21 heavy (non-hydrogen) atoms. The Morgan fingerprint density at radius 2 is 2.05 bits per heavy atom. The van der Waals surface area contributed by atoms with E-state index in [1.54, 1.807) is 12.1 Å². The van der Waals surface area contributed by atoms with Gasteiger partial charge in [0, 0.05) is 12.6 Å². The van der Waals surface area contributed by atoms with Crippen LogP contribution in [-0.2, 0) is 10.0 Å². The zero-order chi connectivity index (χ0) is 15.5. The lowest BCUT2D eigenvalue weighted by molar-refractivity contribution is 0.164. The number of aliphatic hydroxyl groups is 1. The molecule has 5 nitrogen and oxygen atoms in total. The van der Waals surface area contributed by atoms with Crippen molar-refractivity contribution in [3.05, 3.63) is 23.8 Å². The monoisotopic (exact) mass is 313 g/mol. The summed E-state index contributed by atoms with van der Waals surface area (Å²) < 4.78 is 33.1. The average Bonchev–Trinajstić information content (AvgIpc) is 2.47. The Morgan fingerprint density at radius 1 is 1.33 bits per heavy atom. The molecule has 0 bridgehead atoms. The molecule has 2 rings (SSSR count). The van der Waals surface area contributed by atoms with Crippen molar-refractivity contribution >= 4 is 10.0 Å². The van der Waals surface area contributed by atoms with Crippen molar-refractivity contribution in [1.82, 2.24) is 4.72 Å². The lowest BCUT2D eigenvalue weighted by atomic mass is 9.86. The van der Waals surface area contributed by atoms with Crippen LogP contribution in [-0.4, -0.2) is 33.3 Å². The molecule has 0 unspecified atom stereocenters. The molecule has 0 spiro atoms. The third-order valence-electron chi connectivity index (χ3n) is 4.06. The molecular weight excluding hydrogens is 290 g/mol. The van der Waals surface area contributed by atoms with Crippen molar-refractivity contribution in [1.29, 1.82) is 0 Å². The van der Waals surface area contributed by atoms with Crippen molar-refractivity contribution in [3.8, 4) is 5.75 Å². The van der Waals surface area contributed by atoms with Crippen LogP contribution in [0.4, 0.5) is 0 Å². The zero-order valence-electron chi connectivity index (χ0n) is 12.5. The molecule has 0 aromatic heterocycles. The summed E-state index contributed by atoms with van der Waals surface area (Å²) >= 11 is 0. The molecular formula is C15H23NO4S. The second-order valence-corrected chi connectivity index (χ2v) is 7.29. The fourth-order valence-electron chi connectivity index (χ4n) is 2.84. The van der Waals surface area contributed by atoms with Crippen LogP contribution in [0.5, 0.6) is 5.75 Å². The fraction of sp³-hybridized carbons (Fsp3) is 0.600. The van der Waals surface area contributed by atoms with E-state index in [0.29, 0.717) is 5.75 Å². The van der Waals surface area contributed by atoms with Crippen LogP contribution in [0.3, 0.4) is 0 Å². The minimum Gasteiger partial charge on any atom is -0.495 e. The molecule has 0 heterocycles. The summed E-state index contributed by atoms with van der Waals surface area (Å²) in [5, 5.41) is 9.41. The molecule has 0 amide bonds. The molecule has 1 aromatic carbocycles. The van der Waals surface area contributed by atoms with Gasteiger partial charge < -0.3 is 9.84 Å². The second kappa shape index (κ2) is 6.77. The highest BCUT2D eigenvalue weighted by atomic mass is 32.2. The van der Waals surface area contributed by atoms with Crippen LogP contribution in [0.2, 0.25) is 0 Å². The first-order valence-corrected chi connectivity index (χ1v) is 8.74. The highest BCUT2D eigenvalue weighted by molar-refractivity contribution is 7.89. The third-order valence-corrected chi connectivity index (χ3v) is 5.57. The van der Waals surface area contributed by atoms with Crippen molar-refractivity contribution in [2.24, 2.45) is 5.92 Å². The fourth-order valence-corrected chi connectivity index (χ4v) is 4.43. The van der Waals surface area contributed by atoms with Gasteiger partial charge in [0.15, 0.2) is 0 Å². The van der Waals surface area contributed by atoms with E-state index < -0.39 is 10.0 Å². The first kappa shape index (κ1) is 16.3. The Balaban J connectivity index is 2.27. The van der Waals surface area contributed by atoms with Gasteiger partial charge in [-0.3, -0.25) is 0 Å². The summed E-state index contributed by atoms with van der Waals surface area (Å²) in [7, 11) is -2.20. The molecule has 0 radical (unpaired) electrons. The van der Waals surface area contributed by atoms with Gasteiger partial charge in [-0.2, -0.15) is 0 Å². The maximum Gasteiger partial charge on any atom is 0.244 e. The lowest BCUT2D eigenvalue weighted by Gasteiger charge is -2.30. The van der Waals surface area contributed by atoms with Crippen LogP contribution >= 0.6 is 0 Å². The number of hydrogen-bond donors (Lipinski definition) is 2. The van der Waals surface area contributed by atoms with Crippen LogP contribution < -0.4 is 9.46 Å². The second-order valence-electron chi connectivity index (χ2n) is 5.61. The number of aryl methyl sites for hydroxylation is 1. The Bertz CT molecular complexity index is 585. The highest BCUT2D eigenvalue weighted by Gasteiger charge is 2.30. The van der Waals surface area contributed by atoms with Gasteiger partial charge >= 0.3 is 0 Å². The van der Waals surface area contributed by atoms with Gasteiger partial charge in [0.25, 0.3) is 0 Å². The van der Waals surface area contributed by atoms with Crippen molar-refractivity contribution in [2.45, 2.75) is 43.5 Å². The molecule has 2 atom stereocenters. The number of ether oxygens (including phenoxy) is 1. The Kier molecular flexibility index (Phi) is 5.24. The molecule has 6 heteroatoms. The summed E-state index contributed by atoms with van der Waals surface area (Å²) in [4.78, 5) is 0.160. The molecule has 0 aliphatic heterocycles. The minimum absolute atomic E-state index is 0.00988. The van der Waals surface area contributed by atoms with Crippen LogP contribution in [0.1, 0.15) is 31.2 Å². The number of sulfonamides is 1. The van der Waals surface area contributed by atoms with E-state index in [9.17, 15) is 13.5 Å². The number of hydrogen-bond acceptors (Lipinski definition) is 4. The van der Waals surface area contributed by atoms with Crippen molar-refractivity contribution in [3.63, 3.8) is 0 Å². The van der Waals surface area contributed by atoms with Crippen LogP contribution in [0, 0.1) is 12.8 Å². The Morgan fingerprint density at radius 3 is 2.71 bits per heavy atom. The summed E-state index contributed by atoms with van der Waals surface area (Å²) in [5.41, 5.74) is 0.860. The normalized spacial score (nSPS) is 23.0. The lowest BCUT2D eigenvalue weighted by Crippen LogP contribution is -2.43. The molecule has 118 valence electrons. The maximum absolute atomic E-state index is 12.6. The summed E-state index contributed by atoms with van der Waals surface area (Å²) in [6.07, 6.45) is 3.64. The number of rotatable bonds is 5. The first-order chi connectivity index (χ1) is 9.97. The largest absolute Gasteiger partial charge is 0.495 e. The zero-order valence-corrected chi connectivity index (χ0v) is 13.3. The molecule has 1 saturated carbocycles. The molecule has 1 aromatic rings. The van der Waals surface area contributed by atoms with Gasteiger partial charge in [-0.25, -0.2) is 13.1 Å². The van der Waals surface area contributed by atoms with E-state index in [2.05, 4.69) is 4.72 Å². The molecule has 1 aliphatic carbocycles. The molecule has 1 fully saturated rings. The molecule has 1 aliphatic rings. The SMILES string of the molecule is COc1ccc(C)cc1S(=O)(=O)N[C@@H]1CCCC[C@@H]1CO. The summed E-state index contributed by atoms with van der Waals surface area (Å²) in [5.74, 6) is 0.328. The van der Waals surface area contributed by atoms with Crippen molar-refractivity contribution < 1.29 is 18.3 Å². The molecule has 0 saturated heterocycles. The van der Waals surface area contributed by atoms with Crippen molar-refractivity contribution in [2.75, 3.05) is 13.7 Å². The van der Waals surface area contributed by atoms with E-state index in [4.69, 9.17) is 4.74 Å². The maximum atomic E-state index is 12.6. The van der Waals surface area contributed by atoms with E-state index in [1.807, 2.05) is 13.0 Å². The van der Waals surface area contributed by atoms with Gasteiger partial charge in [0.1, 0.15) is 10.6 Å². The van der Waals surface area contributed by atoms with E-state index in [-0.39, 0.29) is 23.5 Å². The van der Waals surface area contributed by atoms with E-state index in [1.165, 1.54) is 7.11 Å². The quantitative estimate of drug-likeness (QED) is 0.869. The first-order valence-electron chi connectivity index (χ1n) is 7.25. The smallest absolute Gasteiger partial charge is 0.244 e. The Labute approximate surface area is 126 Å².